The third-order valence-electron chi connectivity index (χ3n) is 2.13. The van der Waals surface area contributed by atoms with Gasteiger partial charge in [0.2, 0.25) is 0 Å². The van der Waals surface area contributed by atoms with E-state index in [1.165, 1.54) is 13.8 Å². The van der Waals surface area contributed by atoms with E-state index in [1.807, 2.05) is 27.7 Å². The molecule has 0 radical (unpaired) electrons. The molecule has 0 spiro atoms. The molecule has 0 aromatic heterocycles. The zero-order chi connectivity index (χ0) is 23.1. The number of hydrogen-bond donors (Lipinski definition) is 2. The summed E-state index contributed by atoms with van der Waals surface area (Å²) in [5.41, 5.74) is 0. The molecule has 0 aliphatic rings. The van der Waals surface area contributed by atoms with Crippen molar-refractivity contribution in [1.29, 1.82) is 0 Å². The Bertz CT molecular complexity index is 371. The molecule has 0 saturated heterocycles. The second kappa shape index (κ2) is 29.1. The Kier molecular flexibility index (Phi) is 38.7. The van der Waals surface area contributed by atoms with Crippen molar-refractivity contribution in [1.82, 2.24) is 0 Å². The molecule has 2 N–H and O–H groups in total. The molecule has 9 heteroatoms. The van der Waals surface area contributed by atoms with E-state index >= 15 is 0 Å². The van der Waals surface area contributed by atoms with E-state index in [-0.39, 0.29) is 46.1 Å². The van der Waals surface area contributed by atoms with Crippen LogP contribution in [-0.4, -0.2) is 60.1 Å². The minimum Gasteiger partial charge on any atom is -0.466 e. The summed E-state index contributed by atoms with van der Waals surface area (Å²) >= 11 is 0. The first-order valence-electron chi connectivity index (χ1n) is 9.39. The van der Waals surface area contributed by atoms with Crippen molar-refractivity contribution in [2.45, 2.75) is 68.2 Å². The first-order valence-corrected chi connectivity index (χ1v) is 9.39. The van der Waals surface area contributed by atoms with Crippen LogP contribution in [0.4, 0.5) is 0 Å². The first-order chi connectivity index (χ1) is 12.9. The van der Waals surface area contributed by atoms with Crippen LogP contribution in [0.3, 0.4) is 0 Å². The number of ether oxygens (including phenoxy) is 2. The van der Waals surface area contributed by atoms with E-state index < -0.39 is 11.9 Å². The van der Waals surface area contributed by atoms with Crippen molar-refractivity contribution in [3.05, 3.63) is 0 Å². The molecular weight excluding hydrogens is 416 g/mol. The Balaban J connectivity index is -0.0000000907. The van der Waals surface area contributed by atoms with E-state index in [4.69, 9.17) is 10.2 Å². The number of hydrogen-bond acceptors (Lipinski definition) is 8. The van der Waals surface area contributed by atoms with Gasteiger partial charge in [-0.05, 0) is 39.5 Å². The molecule has 8 nitrogen and oxygen atoms in total. The Labute approximate surface area is 190 Å². The Hall–Kier alpha value is -1.09. The van der Waals surface area contributed by atoms with Gasteiger partial charge in [0.1, 0.15) is 24.4 Å². The summed E-state index contributed by atoms with van der Waals surface area (Å²) in [6.45, 7) is 15.3. The first kappa shape index (κ1) is 38.5. The molecule has 0 heterocycles. The quantitative estimate of drug-likeness (QED) is 0.324. The zero-order valence-electron chi connectivity index (χ0n) is 19.2. The van der Waals surface area contributed by atoms with Gasteiger partial charge in [-0.1, -0.05) is 27.7 Å². The summed E-state index contributed by atoms with van der Waals surface area (Å²) in [4.78, 5) is 41.3. The monoisotopic (exact) mass is 456 g/mol. The van der Waals surface area contributed by atoms with Crippen LogP contribution in [0, 0.1) is 11.8 Å². The zero-order valence-corrected chi connectivity index (χ0v) is 20.8. The van der Waals surface area contributed by atoms with Crippen molar-refractivity contribution in [3.63, 3.8) is 0 Å². The Morgan fingerprint density at radius 1 is 0.690 bits per heavy atom. The topological polar surface area (TPSA) is 127 Å². The molecule has 0 atom stereocenters. The van der Waals surface area contributed by atoms with Gasteiger partial charge < -0.3 is 19.7 Å². The minimum atomic E-state index is -0.440. The summed E-state index contributed by atoms with van der Waals surface area (Å²) in [6.07, 6.45) is -0.207. The van der Waals surface area contributed by atoms with Crippen LogP contribution in [0.15, 0.2) is 0 Å². The van der Waals surface area contributed by atoms with Gasteiger partial charge >= 0.3 is 11.9 Å². The standard InChI is InChI=1S/2C6H10O3.2C4H10O.Ti/c2*1-3-9-6(8)4-5(2)7;2*1-4(2)3-5;/h2*3-4H2,1-2H3;2*4-5H,3H2,1-2H3;. The maximum absolute atomic E-state index is 10.4. The van der Waals surface area contributed by atoms with Crippen molar-refractivity contribution in [3.8, 4) is 0 Å². The second-order valence-corrected chi connectivity index (χ2v) is 6.52. The smallest absolute Gasteiger partial charge is 0.313 e. The summed E-state index contributed by atoms with van der Waals surface area (Å²) in [5, 5.41) is 16.3. The summed E-state index contributed by atoms with van der Waals surface area (Å²) in [5.74, 6) is -0.318. The van der Waals surface area contributed by atoms with Gasteiger partial charge in [-0.25, -0.2) is 0 Å². The van der Waals surface area contributed by atoms with Gasteiger partial charge in [0.05, 0.1) is 13.2 Å². The largest absolute Gasteiger partial charge is 0.466 e. The van der Waals surface area contributed by atoms with Gasteiger partial charge in [-0.2, -0.15) is 0 Å². The van der Waals surface area contributed by atoms with Crippen LogP contribution >= 0.6 is 0 Å². The van der Waals surface area contributed by atoms with E-state index in [1.54, 1.807) is 13.8 Å². The van der Waals surface area contributed by atoms with Gasteiger partial charge in [0.15, 0.2) is 0 Å². The Morgan fingerprint density at radius 3 is 1.00 bits per heavy atom. The van der Waals surface area contributed by atoms with Crippen LogP contribution in [0.25, 0.3) is 0 Å². The molecule has 0 aromatic rings. The number of carbonyl (C=O) groups is 4. The van der Waals surface area contributed by atoms with Crippen molar-refractivity contribution in [2.24, 2.45) is 11.8 Å². The summed E-state index contributed by atoms with van der Waals surface area (Å²) < 4.78 is 8.99. The van der Waals surface area contributed by atoms with Gasteiger partial charge in [0, 0.05) is 34.9 Å². The number of aliphatic hydroxyl groups is 2. The molecule has 0 rings (SSSR count). The predicted molar refractivity (Wildman–Crippen MR) is 108 cm³/mol. The van der Waals surface area contributed by atoms with Gasteiger partial charge in [-0.3, -0.25) is 19.2 Å². The molecule has 0 saturated carbocycles. The fourth-order valence-corrected chi connectivity index (χ4v) is 0.831. The van der Waals surface area contributed by atoms with E-state index in [0.29, 0.717) is 38.3 Å². The van der Waals surface area contributed by atoms with Crippen LogP contribution in [0.2, 0.25) is 0 Å². The minimum absolute atomic E-state index is 0. The number of aliphatic hydroxyl groups excluding tert-OH is 2. The van der Waals surface area contributed by atoms with Gasteiger partial charge in [0.25, 0.3) is 0 Å². The van der Waals surface area contributed by atoms with E-state index in [2.05, 4.69) is 9.47 Å². The molecule has 0 aliphatic carbocycles. The average molecular weight is 456 g/mol. The average Bonchev–Trinajstić information content (AvgIpc) is 2.55. The van der Waals surface area contributed by atoms with Crippen LogP contribution in [0.1, 0.15) is 68.2 Å². The number of ketones is 2. The molecular formula is C20H40O8Ti. The van der Waals surface area contributed by atoms with Gasteiger partial charge in [-0.15, -0.1) is 0 Å². The van der Waals surface area contributed by atoms with Crippen LogP contribution < -0.4 is 0 Å². The van der Waals surface area contributed by atoms with Crippen LogP contribution in [0.5, 0.6) is 0 Å². The van der Waals surface area contributed by atoms with E-state index in [9.17, 15) is 19.2 Å². The maximum Gasteiger partial charge on any atom is 0.313 e. The number of esters is 2. The van der Waals surface area contributed by atoms with Crippen molar-refractivity contribution < 1.29 is 60.6 Å². The van der Waals surface area contributed by atoms with Crippen molar-refractivity contribution in [2.75, 3.05) is 26.4 Å². The molecule has 0 amide bonds. The Morgan fingerprint density at radius 2 is 0.897 bits per heavy atom. The molecule has 172 valence electrons. The number of carbonyl (C=O) groups excluding carboxylic acids is 4. The molecule has 0 aromatic carbocycles. The number of rotatable bonds is 8. The SMILES string of the molecule is CC(C)CO.CC(C)CO.CCOC(=O)CC(C)=O.CCOC(=O)CC(C)=O.[Ti]. The third-order valence-corrected chi connectivity index (χ3v) is 2.13. The molecule has 0 bridgehead atoms. The summed E-state index contributed by atoms with van der Waals surface area (Å²) in [7, 11) is 0. The van der Waals surface area contributed by atoms with Crippen molar-refractivity contribution >= 4 is 23.5 Å². The maximum atomic E-state index is 10.4. The predicted octanol–water partition coefficient (Wildman–Crippen LogP) is 2.32. The summed E-state index contributed by atoms with van der Waals surface area (Å²) in [6, 6.07) is 0. The molecule has 0 unspecified atom stereocenters. The second-order valence-electron chi connectivity index (χ2n) is 6.52. The van der Waals surface area contributed by atoms with Crippen LogP contribution in [-0.2, 0) is 50.4 Å². The molecule has 29 heavy (non-hydrogen) atoms. The van der Waals surface area contributed by atoms with E-state index in [0.717, 1.165) is 0 Å². The molecule has 0 aliphatic heterocycles. The third kappa shape index (κ3) is 58.4. The fourth-order valence-electron chi connectivity index (χ4n) is 0.831. The number of Topliss-reactive ketones (excluding diaryl/α,β-unsaturated/α-hetero) is 2. The molecule has 0 fully saturated rings. The normalized spacial score (nSPS) is 8.69. The fraction of sp³-hybridized carbons (Fsp3) is 0.800.